The van der Waals surface area contributed by atoms with Gasteiger partial charge < -0.3 is 4.74 Å². The lowest BCUT2D eigenvalue weighted by Crippen LogP contribution is -2.33. The highest BCUT2D eigenvalue weighted by Gasteiger charge is 2.37. The Kier molecular flexibility index (Phi) is 4.43. The second-order valence-corrected chi connectivity index (χ2v) is 6.59. The van der Waals surface area contributed by atoms with Crippen LogP contribution in [0.4, 0.5) is 9.93 Å². The fourth-order valence-corrected chi connectivity index (χ4v) is 3.34. The van der Waals surface area contributed by atoms with E-state index in [0.29, 0.717) is 15.7 Å². The van der Waals surface area contributed by atoms with Crippen molar-refractivity contribution in [3.05, 3.63) is 46.5 Å². The fraction of sp³-hybridized carbons (Fsp3) is 0.353. The van der Waals surface area contributed by atoms with Crippen molar-refractivity contribution in [2.24, 2.45) is 0 Å². The van der Waals surface area contributed by atoms with E-state index in [-0.39, 0.29) is 18.4 Å². The molecule has 1 fully saturated rings. The van der Waals surface area contributed by atoms with Gasteiger partial charge in [-0.25, -0.2) is 14.7 Å². The van der Waals surface area contributed by atoms with Crippen LogP contribution in [0.2, 0.25) is 0 Å². The summed E-state index contributed by atoms with van der Waals surface area (Å²) in [7, 11) is 0. The Morgan fingerprint density at radius 1 is 1.30 bits per heavy atom. The summed E-state index contributed by atoms with van der Waals surface area (Å²) < 4.78 is 5.42. The number of hydrogen-bond acceptors (Lipinski definition) is 5. The average Bonchev–Trinajstić information content (AvgIpc) is 3.28. The van der Waals surface area contributed by atoms with E-state index in [9.17, 15) is 9.59 Å². The quantitative estimate of drug-likeness (QED) is 0.779. The zero-order chi connectivity index (χ0) is 16.4. The molecule has 1 aromatic heterocycles. The molecular formula is C17H18N2O3S. The van der Waals surface area contributed by atoms with Crippen molar-refractivity contribution in [1.82, 2.24) is 4.98 Å². The third-order valence-corrected chi connectivity index (χ3v) is 4.88. The maximum Gasteiger partial charge on any atom is 0.416 e. The summed E-state index contributed by atoms with van der Waals surface area (Å²) >= 11 is 1.26. The SMILES string of the molecule is CC(=O)c1sc(N(C(=O)OCc2ccccc2)C2CC2)nc1C. The number of benzene rings is 1. The summed E-state index contributed by atoms with van der Waals surface area (Å²) in [6, 6.07) is 9.69. The van der Waals surface area contributed by atoms with E-state index in [2.05, 4.69) is 4.98 Å². The summed E-state index contributed by atoms with van der Waals surface area (Å²) in [4.78, 5) is 30.7. The number of thiazole rings is 1. The van der Waals surface area contributed by atoms with Gasteiger partial charge in [-0.2, -0.15) is 0 Å². The van der Waals surface area contributed by atoms with Crippen LogP contribution in [0, 0.1) is 6.92 Å². The number of rotatable bonds is 5. The molecule has 0 spiro atoms. The Bertz CT molecular complexity index is 723. The van der Waals surface area contributed by atoms with Gasteiger partial charge in [-0.3, -0.25) is 4.79 Å². The van der Waals surface area contributed by atoms with Crippen LogP contribution in [0.5, 0.6) is 0 Å². The van der Waals surface area contributed by atoms with Gasteiger partial charge in [0.15, 0.2) is 10.9 Å². The van der Waals surface area contributed by atoms with E-state index in [1.54, 1.807) is 11.8 Å². The highest BCUT2D eigenvalue weighted by molar-refractivity contribution is 7.17. The van der Waals surface area contributed by atoms with Crippen molar-refractivity contribution in [2.75, 3.05) is 4.90 Å². The minimum absolute atomic E-state index is 0.0281. The molecule has 5 nitrogen and oxygen atoms in total. The third kappa shape index (κ3) is 3.59. The van der Waals surface area contributed by atoms with Crippen LogP contribution >= 0.6 is 11.3 Å². The molecule has 0 atom stereocenters. The van der Waals surface area contributed by atoms with Crippen molar-refractivity contribution in [1.29, 1.82) is 0 Å². The summed E-state index contributed by atoms with van der Waals surface area (Å²) in [6.07, 6.45) is 1.48. The van der Waals surface area contributed by atoms with Crippen LogP contribution in [-0.2, 0) is 11.3 Å². The largest absolute Gasteiger partial charge is 0.444 e. The number of aromatic nitrogens is 1. The zero-order valence-corrected chi connectivity index (χ0v) is 13.9. The van der Waals surface area contributed by atoms with Gasteiger partial charge in [0.1, 0.15) is 6.61 Å². The first-order valence-corrected chi connectivity index (χ1v) is 8.36. The van der Waals surface area contributed by atoms with Crippen LogP contribution in [-0.4, -0.2) is 22.9 Å². The predicted molar refractivity (Wildman–Crippen MR) is 89.0 cm³/mol. The molecule has 120 valence electrons. The standard InChI is InChI=1S/C17H18N2O3S/c1-11-15(12(2)20)23-16(18-11)19(14-8-9-14)17(21)22-10-13-6-4-3-5-7-13/h3-7,14H,8-10H2,1-2H3. The number of hydrogen-bond donors (Lipinski definition) is 0. The molecule has 1 saturated carbocycles. The molecule has 3 rings (SSSR count). The lowest BCUT2D eigenvalue weighted by Gasteiger charge is -2.18. The number of Topliss-reactive ketones (excluding diaryl/α,β-unsaturated/α-hetero) is 1. The van der Waals surface area contributed by atoms with Gasteiger partial charge in [0.25, 0.3) is 0 Å². The number of aryl methyl sites for hydroxylation is 1. The number of nitrogens with zero attached hydrogens (tertiary/aromatic N) is 2. The van der Waals surface area contributed by atoms with Crippen LogP contribution in [0.15, 0.2) is 30.3 Å². The van der Waals surface area contributed by atoms with Crippen molar-refractivity contribution in [3.8, 4) is 0 Å². The molecule has 1 heterocycles. The van der Waals surface area contributed by atoms with E-state index < -0.39 is 6.09 Å². The predicted octanol–water partition coefficient (Wildman–Crippen LogP) is 3.96. The topological polar surface area (TPSA) is 59.5 Å². The second kappa shape index (κ2) is 6.50. The van der Waals surface area contributed by atoms with Crippen molar-refractivity contribution in [2.45, 2.75) is 39.3 Å². The van der Waals surface area contributed by atoms with Gasteiger partial charge in [0.2, 0.25) is 0 Å². The molecule has 1 aromatic carbocycles. The maximum absolute atomic E-state index is 12.5. The lowest BCUT2D eigenvalue weighted by molar-refractivity contribution is 0.102. The molecule has 1 amide bonds. The third-order valence-electron chi connectivity index (χ3n) is 3.63. The maximum atomic E-state index is 12.5. The number of carbonyl (C=O) groups is 2. The first-order chi connectivity index (χ1) is 11.1. The molecule has 23 heavy (non-hydrogen) atoms. The Balaban J connectivity index is 1.75. The molecule has 1 aliphatic carbocycles. The van der Waals surface area contributed by atoms with E-state index in [4.69, 9.17) is 4.74 Å². The number of ketones is 1. The van der Waals surface area contributed by atoms with E-state index >= 15 is 0 Å². The molecule has 6 heteroatoms. The monoisotopic (exact) mass is 330 g/mol. The van der Waals surface area contributed by atoms with Crippen molar-refractivity contribution >= 4 is 28.3 Å². The Labute approximate surface area is 138 Å². The average molecular weight is 330 g/mol. The van der Waals surface area contributed by atoms with Crippen LogP contribution in [0.1, 0.15) is 40.7 Å². The Hall–Kier alpha value is -2.21. The van der Waals surface area contributed by atoms with Crippen LogP contribution < -0.4 is 4.90 Å². The molecule has 0 N–H and O–H groups in total. The molecule has 0 bridgehead atoms. The lowest BCUT2D eigenvalue weighted by atomic mass is 10.2. The minimum atomic E-state index is -0.403. The van der Waals surface area contributed by atoms with Gasteiger partial charge in [-0.1, -0.05) is 41.7 Å². The minimum Gasteiger partial charge on any atom is -0.444 e. The molecule has 0 saturated heterocycles. The Morgan fingerprint density at radius 3 is 2.57 bits per heavy atom. The van der Waals surface area contributed by atoms with Crippen molar-refractivity contribution < 1.29 is 14.3 Å². The van der Waals surface area contributed by atoms with Crippen LogP contribution in [0.3, 0.4) is 0 Å². The first kappa shape index (κ1) is 15.7. The summed E-state index contributed by atoms with van der Waals surface area (Å²) in [5, 5.41) is 0.549. The van der Waals surface area contributed by atoms with E-state index in [0.717, 1.165) is 18.4 Å². The van der Waals surface area contributed by atoms with Gasteiger partial charge in [0.05, 0.1) is 10.6 Å². The molecule has 0 radical (unpaired) electrons. The molecule has 0 unspecified atom stereocenters. The highest BCUT2D eigenvalue weighted by atomic mass is 32.1. The van der Waals surface area contributed by atoms with Crippen molar-refractivity contribution in [3.63, 3.8) is 0 Å². The fourth-order valence-electron chi connectivity index (χ4n) is 2.32. The Morgan fingerprint density at radius 2 is 2.00 bits per heavy atom. The van der Waals surface area contributed by atoms with Gasteiger partial charge in [-0.15, -0.1) is 0 Å². The summed E-state index contributed by atoms with van der Waals surface area (Å²) in [5.41, 5.74) is 1.61. The molecule has 2 aromatic rings. The highest BCUT2D eigenvalue weighted by Crippen LogP contribution is 2.36. The summed E-state index contributed by atoms with van der Waals surface area (Å²) in [6.45, 7) is 3.53. The van der Waals surface area contributed by atoms with Gasteiger partial charge >= 0.3 is 6.09 Å². The number of anilines is 1. The van der Waals surface area contributed by atoms with E-state index in [1.165, 1.54) is 18.3 Å². The van der Waals surface area contributed by atoms with E-state index in [1.807, 2.05) is 30.3 Å². The molecule has 0 aliphatic heterocycles. The second-order valence-electron chi connectivity index (χ2n) is 5.61. The summed E-state index contributed by atoms with van der Waals surface area (Å²) in [5.74, 6) is -0.0281. The zero-order valence-electron chi connectivity index (χ0n) is 13.1. The van der Waals surface area contributed by atoms with Crippen LogP contribution in [0.25, 0.3) is 0 Å². The van der Waals surface area contributed by atoms with Gasteiger partial charge in [0, 0.05) is 13.0 Å². The smallest absolute Gasteiger partial charge is 0.416 e. The molecular weight excluding hydrogens is 312 g/mol. The number of carbonyl (C=O) groups excluding carboxylic acids is 2. The molecule has 1 aliphatic rings. The number of ether oxygens (including phenoxy) is 1. The normalized spacial score (nSPS) is 13.7. The van der Waals surface area contributed by atoms with Gasteiger partial charge in [-0.05, 0) is 25.3 Å². The first-order valence-electron chi connectivity index (χ1n) is 7.54. The number of amides is 1.